The summed E-state index contributed by atoms with van der Waals surface area (Å²) in [5, 5.41) is 4.34. The Kier molecular flexibility index (Phi) is 3.61. The maximum atomic E-state index is 11.8. The van der Waals surface area contributed by atoms with Gasteiger partial charge in [-0.2, -0.15) is 0 Å². The van der Waals surface area contributed by atoms with Gasteiger partial charge >= 0.3 is 5.97 Å². The van der Waals surface area contributed by atoms with E-state index in [9.17, 15) is 4.79 Å². The van der Waals surface area contributed by atoms with Gasteiger partial charge in [-0.1, -0.05) is 23.8 Å². The summed E-state index contributed by atoms with van der Waals surface area (Å²) in [5.41, 5.74) is 2.63. The highest BCUT2D eigenvalue weighted by atomic mass is 35.5. The highest BCUT2D eigenvalue weighted by Gasteiger charge is 2.40. The number of fused-ring (bicyclic) bond motifs is 3. The number of carbonyl (C=O) groups is 1. The molecule has 0 spiro atoms. The van der Waals surface area contributed by atoms with Crippen LogP contribution >= 0.6 is 11.6 Å². The molecule has 1 aromatic carbocycles. The van der Waals surface area contributed by atoms with Crippen molar-refractivity contribution in [3.8, 4) is 0 Å². The second kappa shape index (κ2) is 5.67. The van der Waals surface area contributed by atoms with Gasteiger partial charge in [-0.15, -0.1) is 0 Å². The number of anilines is 1. The molecule has 4 rings (SSSR count). The Morgan fingerprint density at radius 2 is 2.29 bits per heavy atom. The summed E-state index contributed by atoms with van der Waals surface area (Å²) in [4.78, 5) is 16.3. The number of nitrogens with zero attached hydrogens (tertiary/aromatic N) is 2. The lowest BCUT2D eigenvalue weighted by atomic mass is 9.79. The minimum absolute atomic E-state index is 0.0297. The zero-order chi connectivity index (χ0) is 16.8. The predicted octanol–water partition coefficient (Wildman–Crippen LogP) is 3.69. The summed E-state index contributed by atoms with van der Waals surface area (Å²) in [6, 6.07) is 5.96. The number of aryl methyl sites for hydroxylation is 1. The molecule has 3 atom stereocenters. The molecule has 0 amide bonds. The lowest BCUT2D eigenvalue weighted by Crippen LogP contribution is -2.31. The molecular formula is C18H18ClN3O2. The monoisotopic (exact) mass is 343 g/mol. The average molecular weight is 344 g/mol. The number of nitrogens with one attached hydrogen (secondary N) is 1. The molecule has 24 heavy (non-hydrogen) atoms. The molecule has 1 aliphatic heterocycles. The van der Waals surface area contributed by atoms with Crippen LogP contribution in [0.3, 0.4) is 0 Å². The number of esters is 1. The van der Waals surface area contributed by atoms with Gasteiger partial charge in [-0.3, -0.25) is 0 Å². The fourth-order valence-corrected chi connectivity index (χ4v) is 3.97. The molecule has 0 fully saturated rings. The molecule has 0 radical (unpaired) electrons. The largest absolute Gasteiger partial charge is 0.464 e. The van der Waals surface area contributed by atoms with Gasteiger partial charge in [0.25, 0.3) is 0 Å². The van der Waals surface area contributed by atoms with Crippen molar-refractivity contribution in [2.75, 3.05) is 12.4 Å². The Bertz CT molecular complexity index is 843. The number of carbonyl (C=O) groups excluding carboxylic acids is 1. The van der Waals surface area contributed by atoms with Crippen molar-refractivity contribution in [1.82, 2.24) is 9.55 Å². The minimum atomic E-state index is -0.416. The molecule has 0 saturated carbocycles. The van der Waals surface area contributed by atoms with Crippen LogP contribution in [0, 0.1) is 5.92 Å². The summed E-state index contributed by atoms with van der Waals surface area (Å²) < 4.78 is 6.69. The van der Waals surface area contributed by atoms with Gasteiger partial charge < -0.3 is 14.6 Å². The molecule has 6 heteroatoms. The maximum Gasteiger partial charge on any atom is 0.358 e. The molecule has 2 heterocycles. The molecule has 1 N–H and O–H groups in total. The Morgan fingerprint density at radius 1 is 1.46 bits per heavy atom. The maximum absolute atomic E-state index is 11.8. The summed E-state index contributed by atoms with van der Waals surface area (Å²) in [6.45, 7) is 0. The van der Waals surface area contributed by atoms with Gasteiger partial charge in [0.1, 0.15) is 5.82 Å². The van der Waals surface area contributed by atoms with E-state index >= 15 is 0 Å². The van der Waals surface area contributed by atoms with Crippen LogP contribution in [0.15, 0.2) is 36.5 Å². The number of benzene rings is 1. The lowest BCUT2D eigenvalue weighted by Gasteiger charge is -2.36. The second-order valence-corrected chi connectivity index (χ2v) is 6.73. The molecule has 0 bridgehead atoms. The van der Waals surface area contributed by atoms with Crippen LogP contribution in [0.4, 0.5) is 5.69 Å². The van der Waals surface area contributed by atoms with Crippen molar-refractivity contribution >= 4 is 23.3 Å². The van der Waals surface area contributed by atoms with Gasteiger partial charge in [0.05, 0.1) is 13.2 Å². The molecule has 1 aliphatic carbocycles. The highest BCUT2D eigenvalue weighted by molar-refractivity contribution is 6.30. The van der Waals surface area contributed by atoms with Crippen LogP contribution in [0.2, 0.25) is 5.02 Å². The number of hydrogen-bond acceptors (Lipinski definition) is 4. The van der Waals surface area contributed by atoms with Crippen molar-refractivity contribution < 1.29 is 9.53 Å². The van der Waals surface area contributed by atoms with Gasteiger partial charge in [-0.25, -0.2) is 9.78 Å². The standard InChI is InChI=1S/C18H18ClN3O2/c1-22-9-15(18(23)24-2)21-17(22)16-12-5-3-4-11(12)13-8-10(19)6-7-14(13)20-16/h3-4,6-9,11-12,16,20H,5H2,1-2H3/t11-,12+,16-/m1/s1. The number of imidazole rings is 1. The number of rotatable bonds is 2. The highest BCUT2D eigenvalue weighted by Crippen LogP contribution is 2.49. The molecule has 2 aromatic rings. The first-order chi connectivity index (χ1) is 11.6. The van der Waals surface area contributed by atoms with E-state index in [-0.39, 0.29) is 6.04 Å². The van der Waals surface area contributed by atoms with Crippen molar-refractivity contribution in [2.24, 2.45) is 13.0 Å². The quantitative estimate of drug-likeness (QED) is 0.667. The Balaban J connectivity index is 1.76. The molecule has 0 unspecified atom stereocenters. The summed E-state index contributed by atoms with van der Waals surface area (Å²) in [5.74, 6) is 1.08. The predicted molar refractivity (Wildman–Crippen MR) is 92.4 cm³/mol. The number of ether oxygens (including phenoxy) is 1. The fourth-order valence-electron chi connectivity index (χ4n) is 3.79. The smallest absolute Gasteiger partial charge is 0.358 e. The summed E-state index contributed by atoms with van der Waals surface area (Å²) >= 11 is 6.18. The van der Waals surface area contributed by atoms with E-state index in [1.54, 1.807) is 6.20 Å². The van der Waals surface area contributed by atoms with E-state index < -0.39 is 5.97 Å². The third kappa shape index (κ3) is 2.31. The average Bonchev–Trinajstić information content (AvgIpc) is 3.20. The Labute approximate surface area is 145 Å². The van der Waals surface area contributed by atoms with Crippen LogP contribution in [0.25, 0.3) is 0 Å². The van der Waals surface area contributed by atoms with E-state index in [0.717, 1.165) is 23.0 Å². The van der Waals surface area contributed by atoms with E-state index in [4.69, 9.17) is 16.3 Å². The first kappa shape index (κ1) is 15.3. The van der Waals surface area contributed by atoms with Gasteiger partial charge in [0.2, 0.25) is 0 Å². The van der Waals surface area contributed by atoms with Crippen LogP contribution in [-0.4, -0.2) is 22.6 Å². The molecule has 5 nitrogen and oxygen atoms in total. The molecular weight excluding hydrogens is 326 g/mol. The molecule has 1 aromatic heterocycles. The van der Waals surface area contributed by atoms with Crippen LogP contribution in [0.5, 0.6) is 0 Å². The first-order valence-electron chi connectivity index (χ1n) is 7.92. The minimum Gasteiger partial charge on any atom is -0.464 e. The fraction of sp³-hybridized carbons (Fsp3) is 0.333. The zero-order valence-electron chi connectivity index (χ0n) is 13.5. The van der Waals surface area contributed by atoms with E-state index in [2.05, 4.69) is 22.5 Å². The number of aromatic nitrogens is 2. The Morgan fingerprint density at radius 3 is 3.08 bits per heavy atom. The van der Waals surface area contributed by atoms with E-state index in [1.807, 2.05) is 29.8 Å². The normalized spacial score (nSPS) is 24.2. The summed E-state index contributed by atoms with van der Waals surface area (Å²) in [7, 11) is 3.28. The van der Waals surface area contributed by atoms with Gasteiger partial charge in [-0.05, 0) is 30.2 Å². The van der Waals surface area contributed by atoms with Crippen LogP contribution in [0.1, 0.15) is 40.3 Å². The number of halogens is 1. The number of hydrogen-bond donors (Lipinski definition) is 1. The third-order valence-corrected chi connectivity index (χ3v) is 5.14. The van der Waals surface area contributed by atoms with Crippen molar-refractivity contribution in [3.05, 3.63) is 58.7 Å². The number of allylic oxidation sites excluding steroid dienone is 2. The van der Waals surface area contributed by atoms with Crippen LogP contribution < -0.4 is 5.32 Å². The second-order valence-electron chi connectivity index (χ2n) is 6.29. The lowest BCUT2D eigenvalue weighted by molar-refractivity contribution is 0.0594. The van der Waals surface area contributed by atoms with E-state index in [0.29, 0.717) is 17.5 Å². The van der Waals surface area contributed by atoms with Gasteiger partial charge in [0.15, 0.2) is 5.69 Å². The van der Waals surface area contributed by atoms with Crippen molar-refractivity contribution in [2.45, 2.75) is 18.4 Å². The molecule has 124 valence electrons. The third-order valence-electron chi connectivity index (χ3n) is 4.91. The zero-order valence-corrected chi connectivity index (χ0v) is 14.2. The number of methoxy groups -OCH3 is 1. The summed E-state index contributed by atoms with van der Waals surface area (Å²) in [6.07, 6.45) is 7.15. The van der Waals surface area contributed by atoms with E-state index in [1.165, 1.54) is 12.7 Å². The molecule has 0 saturated heterocycles. The van der Waals surface area contributed by atoms with Crippen LogP contribution in [-0.2, 0) is 11.8 Å². The van der Waals surface area contributed by atoms with Crippen molar-refractivity contribution in [1.29, 1.82) is 0 Å². The molecule has 2 aliphatic rings. The first-order valence-corrected chi connectivity index (χ1v) is 8.30. The SMILES string of the molecule is COC(=O)c1cn(C)c([C@@H]2Nc3ccc(Cl)cc3[C@@H]3C=CC[C@@H]32)n1. The van der Waals surface area contributed by atoms with Crippen molar-refractivity contribution in [3.63, 3.8) is 0 Å². The Hall–Kier alpha value is -2.27. The van der Waals surface area contributed by atoms with Gasteiger partial charge in [0, 0.05) is 35.8 Å². The topological polar surface area (TPSA) is 56.1 Å².